The van der Waals surface area contributed by atoms with Gasteiger partial charge in [0.25, 0.3) is 5.91 Å². The molecular formula is C26H23Cl2N7O. The van der Waals surface area contributed by atoms with Crippen molar-refractivity contribution in [3.63, 3.8) is 0 Å². The minimum Gasteiger partial charge on any atom is -0.357 e. The summed E-state index contributed by atoms with van der Waals surface area (Å²) < 4.78 is 0. The Morgan fingerprint density at radius 1 is 1.03 bits per heavy atom. The van der Waals surface area contributed by atoms with E-state index in [4.69, 9.17) is 28.2 Å². The van der Waals surface area contributed by atoms with Crippen LogP contribution in [0.15, 0.2) is 60.9 Å². The first-order valence-electron chi connectivity index (χ1n) is 11.5. The van der Waals surface area contributed by atoms with Gasteiger partial charge in [-0.1, -0.05) is 29.3 Å². The third-order valence-corrected chi connectivity index (χ3v) is 6.53. The molecule has 0 radical (unpaired) electrons. The van der Waals surface area contributed by atoms with Crippen molar-refractivity contribution in [2.45, 2.75) is 19.4 Å². The van der Waals surface area contributed by atoms with Gasteiger partial charge in [0.05, 0.1) is 0 Å². The lowest BCUT2D eigenvalue weighted by Crippen LogP contribution is -2.28. The van der Waals surface area contributed by atoms with Crippen molar-refractivity contribution in [3.05, 3.63) is 87.7 Å². The maximum absolute atomic E-state index is 12.9. The van der Waals surface area contributed by atoms with Gasteiger partial charge in [-0.15, -0.1) is 0 Å². The smallest absolute Gasteiger partial charge is 0.251 e. The molecule has 10 heteroatoms. The predicted octanol–water partition coefficient (Wildman–Crippen LogP) is 5.30. The van der Waals surface area contributed by atoms with E-state index in [-0.39, 0.29) is 5.91 Å². The molecule has 1 amide bonds. The Balaban J connectivity index is 1.40. The van der Waals surface area contributed by atoms with Gasteiger partial charge in [0.1, 0.15) is 0 Å². The van der Waals surface area contributed by atoms with Gasteiger partial charge in [0.15, 0.2) is 5.82 Å². The van der Waals surface area contributed by atoms with Crippen LogP contribution in [0.4, 0.5) is 17.6 Å². The van der Waals surface area contributed by atoms with E-state index in [0.29, 0.717) is 39.9 Å². The van der Waals surface area contributed by atoms with Crippen LogP contribution < -0.4 is 15.5 Å². The number of rotatable bonds is 6. The summed E-state index contributed by atoms with van der Waals surface area (Å²) in [7, 11) is 1.78. The number of anilines is 3. The number of carbonyl (C=O) groups is 1. The second kappa shape index (κ2) is 10.5. The molecule has 0 saturated carbocycles. The molecule has 0 saturated heterocycles. The number of hydrogen-bond donors (Lipinski definition) is 2. The number of carbonyl (C=O) groups excluding carboxylic acids is 1. The highest BCUT2D eigenvalue weighted by Crippen LogP contribution is 2.33. The molecule has 0 spiro atoms. The minimum atomic E-state index is -0.168. The Kier molecular flexibility index (Phi) is 6.97. The van der Waals surface area contributed by atoms with Crippen LogP contribution in [-0.4, -0.2) is 39.4 Å². The van der Waals surface area contributed by atoms with Crippen LogP contribution in [-0.2, 0) is 13.0 Å². The Morgan fingerprint density at radius 2 is 1.86 bits per heavy atom. The molecule has 2 N–H and O–H groups in total. The van der Waals surface area contributed by atoms with Crippen molar-refractivity contribution in [1.82, 2.24) is 25.3 Å². The zero-order chi connectivity index (χ0) is 25.1. The van der Waals surface area contributed by atoms with Crippen LogP contribution in [0, 0.1) is 0 Å². The Hall–Kier alpha value is -3.75. The molecule has 36 heavy (non-hydrogen) atoms. The first kappa shape index (κ1) is 24.0. The SMILES string of the molecule is CNc1nc(-c2ccncc2)nc(N2CCCc3cc(C(=O)NCc4ccc(Cl)cc4Cl)ccc32)n1. The van der Waals surface area contributed by atoms with Gasteiger partial charge in [0, 0.05) is 59.4 Å². The number of pyridine rings is 1. The number of fused-ring (bicyclic) bond motifs is 1. The molecule has 2 aromatic carbocycles. The summed E-state index contributed by atoms with van der Waals surface area (Å²) >= 11 is 12.2. The summed E-state index contributed by atoms with van der Waals surface area (Å²) in [4.78, 5) is 32.9. The normalized spacial score (nSPS) is 12.7. The standard InChI is InChI=1S/C26H23Cl2N7O/c1-29-25-32-23(16-8-10-30-11-9-16)33-26(34-25)35-12-2-3-17-13-18(5-7-22(17)35)24(36)31-15-19-4-6-20(27)14-21(19)28/h4-11,13-14H,2-3,12,15H2,1H3,(H,31,36)(H,29,32,33,34). The molecule has 3 heterocycles. The van der Waals surface area contributed by atoms with Gasteiger partial charge in [0.2, 0.25) is 11.9 Å². The van der Waals surface area contributed by atoms with Crippen molar-refractivity contribution in [3.8, 4) is 11.4 Å². The van der Waals surface area contributed by atoms with E-state index >= 15 is 0 Å². The zero-order valence-electron chi connectivity index (χ0n) is 19.5. The number of aryl methyl sites for hydroxylation is 1. The summed E-state index contributed by atoms with van der Waals surface area (Å²) in [6.07, 6.45) is 5.18. The summed E-state index contributed by atoms with van der Waals surface area (Å²) in [5.74, 6) is 1.43. The number of hydrogen-bond acceptors (Lipinski definition) is 7. The summed E-state index contributed by atoms with van der Waals surface area (Å²) in [6, 6.07) is 14.7. The van der Waals surface area contributed by atoms with E-state index in [1.54, 1.807) is 31.6 Å². The molecule has 182 valence electrons. The van der Waals surface area contributed by atoms with Crippen LogP contribution in [0.2, 0.25) is 10.0 Å². The van der Waals surface area contributed by atoms with Gasteiger partial charge in [-0.25, -0.2) is 0 Å². The van der Waals surface area contributed by atoms with Crippen molar-refractivity contribution in [1.29, 1.82) is 0 Å². The van der Waals surface area contributed by atoms with Crippen molar-refractivity contribution in [2.24, 2.45) is 0 Å². The number of nitrogens with one attached hydrogen (secondary N) is 2. The van der Waals surface area contributed by atoms with Gasteiger partial charge in [-0.05, 0) is 66.4 Å². The van der Waals surface area contributed by atoms with E-state index in [1.165, 1.54) is 0 Å². The molecule has 0 atom stereocenters. The highest BCUT2D eigenvalue weighted by Gasteiger charge is 2.23. The van der Waals surface area contributed by atoms with E-state index < -0.39 is 0 Å². The molecule has 0 bridgehead atoms. The molecule has 0 fully saturated rings. The fourth-order valence-electron chi connectivity index (χ4n) is 4.12. The monoisotopic (exact) mass is 519 g/mol. The predicted molar refractivity (Wildman–Crippen MR) is 142 cm³/mol. The number of halogens is 2. The first-order chi connectivity index (χ1) is 17.5. The fourth-order valence-corrected chi connectivity index (χ4v) is 4.59. The maximum atomic E-state index is 12.9. The van der Waals surface area contributed by atoms with Gasteiger partial charge in [-0.2, -0.15) is 15.0 Å². The van der Waals surface area contributed by atoms with Crippen molar-refractivity contribution < 1.29 is 4.79 Å². The number of amides is 1. The fraction of sp³-hybridized carbons (Fsp3) is 0.192. The van der Waals surface area contributed by atoms with Gasteiger partial charge in [-0.3, -0.25) is 9.78 Å². The molecule has 2 aromatic heterocycles. The van der Waals surface area contributed by atoms with Crippen molar-refractivity contribution >= 4 is 46.7 Å². The lowest BCUT2D eigenvalue weighted by Gasteiger charge is -2.30. The molecular weight excluding hydrogens is 497 g/mol. The summed E-state index contributed by atoms with van der Waals surface area (Å²) in [5, 5.41) is 7.04. The molecule has 5 rings (SSSR count). The lowest BCUT2D eigenvalue weighted by atomic mass is 9.99. The Morgan fingerprint density at radius 3 is 2.64 bits per heavy atom. The minimum absolute atomic E-state index is 0.168. The van der Waals surface area contributed by atoms with Crippen LogP contribution in [0.3, 0.4) is 0 Å². The Labute approximate surface area is 218 Å². The van der Waals surface area contributed by atoms with Crippen LogP contribution in [0.25, 0.3) is 11.4 Å². The van der Waals surface area contributed by atoms with E-state index in [0.717, 1.165) is 41.8 Å². The highest BCUT2D eigenvalue weighted by molar-refractivity contribution is 6.35. The number of benzene rings is 2. The molecule has 1 aliphatic heterocycles. The number of nitrogens with zero attached hydrogens (tertiary/aromatic N) is 5. The lowest BCUT2D eigenvalue weighted by molar-refractivity contribution is 0.0951. The largest absolute Gasteiger partial charge is 0.357 e. The van der Waals surface area contributed by atoms with Gasteiger partial charge < -0.3 is 15.5 Å². The van der Waals surface area contributed by atoms with Crippen LogP contribution in [0.1, 0.15) is 27.9 Å². The van der Waals surface area contributed by atoms with Crippen LogP contribution in [0.5, 0.6) is 0 Å². The quantitative estimate of drug-likeness (QED) is 0.356. The van der Waals surface area contributed by atoms with E-state index in [9.17, 15) is 4.79 Å². The number of aromatic nitrogens is 4. The average Bonchev–Trinajstić information content (AvgIpc) is 2.92. The first-order valence-corrected chi connectivity index (χ1v) is 12.2. The average molecular weight is 520 g/mol. The van der Waals surface area contributed by atoms with Crippen LogP contribution >= 0.6 is 23.2 Å². The molecule has 4 aromatic rings. The third kappa shape index (κ3) is 5.10. The summed E-state index contributed by atoms with van der Waals surface area (Å²) in [5.41, 5.74) is 4.29. The zero-order valence-corrected chi connectivity index (χ0v) is 21.0. The highest BCUT2D eigenvalue weighted by atomic mass is 35.5. The second-order valence-electron chi connectivity index (χ2n) is 8.29. The molecule has 0 unspecified atom stereocenters. The van der Waals surface area contributed by atoms with E-state index in [2.05, 4.69) is 30.5 Å². The molecule has 1 aliphatic rings. The topological polar surface area (TPSA) is 95.9 Å². The third-order valence-electron chi connectivity index (χ3n) is 5.94. The Bertz CT molecular complexity index is 1420. The summed E-state index contributed by atoms with van der Waals surface area (Å²) in [6.45, 7) is 1.07. The molecule has 8 nitrogen and oxygen atoms in total. The maximum Gasteiger partial charge on any atom is 0.251 e. The molecule has 0 aliphatic carbocycles. The van der Waals surface area contributed by atoms with E-state index in [1.807, 2.05) is 36.4 Å². The van der Waals surface area contributed by atoms with Crippen molar-refractivity contribution in [2.75, 3.05) is 23.8 Å². The van der Waals surface area contributed by atoms with Gasteiger partial charge >= 0.3 is 0 Å². The second-order valence-corrected chi connectivity index (χ2v) is 9.13.